The second-order valence-electron chi connectivity index (χ2n) is 10.1. The van der Waals surface area contributed by atoms with Crippen LogP contribution in [0.1, 0.15) is 112 Å². The van der Waals surface area contributed by atoms with Crippen LogP contribution in [0.2, 0.25) is 0 Å². The summed E-state index contributed by atoms with van der Waals surface area (Å²) in [7, 11) is 0. The van der Waals surface area contributed by atoms with Gasteiger partial charge < -0.3 is 4.74 Å². The number of carbonyl (C=O) groups excluding carboxylic acids is 1. The van der Waals surface area contributed by atoms with Gasteiger partial charge in [0.05, 0.1) is 18.0 Å². The van der Waals surface area contributed by atoms with Gasteiger partial charge >= 0.3 is 5.97 Å². The Morgan fingerprint density at radius 1 is 0.622 bits per heavy atom. The molecule has 0 aliphatic rings. The molecule has 0 atom stereocenters. The van der Waals surface area contributed by atoms with Crippen LogP contribution in [0.15, 0.2) is 60.9 Å². The summed E-state index contributed by atoms with van der Waals surface area (Å²) in [5.41, 5.74) is 4.11. The van der Waals surface area contributed by atoms with E-state index in [2.05, 4.69) is 48.1 Å². The monoisotopic (exact) mass is 500 g/mol. The van der Waals surface area contributed by atoms with Crippen LogP contribution in [0.4, 0.5) is 0 Å². The molecule has 0 saturated heterocycles. The average molecular weight is 501 g/mol. The number of esters is 1. The maximum Gasteiger partial charge on any atom is 0.343 e. The van der Waals surface area contributed by atoms with Crippen LogP contribution in [0.25, 0.3) is 11.4 Å². The van der Waals surface area contributed by atoms with E-state index in [1.807, 2.05) is 24.3 Å². The van der Waals surface area contributed by atoms with Crippen LogP contribution in [0.5, 0.6) is 5.75 Å². The lowest BCUT2D eigenvalue weighted by Gasteiger charge is -2.07. The molecule has 0 amide bonds. The van der Waals surface area contributed by atoms with Crippen molar-refractivity contribution in [2.75, 3.05) is 0 Å². The largest absolute Gasteiger partial charge is 0.420 e. The molecule has 1 aromatic heterocycles. The maximum absolute atomic E-state index is 12.6. The predicted octanol–water partition coefficient (Wildman–Crippen LogP) is 9.17. The third kappa shape index (κ3) is 10.5. The minimum atomic E-state index is -0.387. The van der Waals surface area contributed by atoms with E-state index in [4.69, 9.17) is 4.74 Å². The molecule has 0 N–H and O–H groups in total. The summed E-state index contributed by atoms with van der Waals surface area (Å²) in [5.74, 6) is 0.594. The van der Waals surface area contributed by atoms with Gasteiger partial charge in [0, 0.05) is 5.56 Å². The topological polar surface area (TPSA) is 52.1 Å². The molecule has 4 heteroatoms. The van der Waals surface area contributed by atoms with Crippen molar-refractivity contribution in [2.45, 2.75) is 104 Å². The molecular weight excluding hydrogens is 456 g/mol. The molecule has 1 heterocycles. The second kappa shape index (κ2) is 16.7. The van der Waals surface area contributed by atoms with Crippen molar-refractivity contribution >= 4 is 5.97 Å². The molecule has 3 rings (SSSR count). The van der Waals surface area contributed by atoms with Crippen molar-refractivity contribution < 1.29 is 9.53 Å². The Kier molecular flexibility index (Phi) is 12.9. The van der Waals surface area contributed by atoms with E-state index in [0.717, 1.165) is 18.4 Å². The first kappa shape index (κ1) is 28.6. The molecule has 198 valence electrons. The fourth-order valence-electron chi connectivity index (χ4n) is 4.53. The minimum Gasteiger partial charge on any atom is -0.420 e. The Balaban J connectivity index is 1.43. The number of hydrogen-bond donors (Lipinski definition) is 0. The van der Waals surface area contributed by atoms with Crippen molar-refractivity contribution in [3.63, 3.8) is 0 Å². The van der Waals surface area contributed by atoms with Crippen molar-refractivity contribution in [3.05, 3.63) is 77.6 Å². The molecule has 2 aromatic carbocycles. The van der Waals surface area contributed by atoms with Crippen molar-refractivity contribution in [1.29, 1.82) is 0 Å². The van der Waals surface area contributed by atoms with Gasteiger partial charge in [-0.15, -0.1) is 0 Å². The Hall–Kier alpha value is -3.01. The molecule has 0 bridgehead atoms. The number of rotatable bonds is 17. The SMILES string of the molecule is CCCCCCCCc1ccc(C(=O)Oc2cnc(-c3ccc(CCCCCCCC)cc3)nc2)cc1. The van der Waals surface area contributed by atoms with E-state index >= 15 is 0 Å². The standard InChI is InChI=1S/C33H44N2O2/c1-3-5-7-9-11-13-15-27-17-21-29(22-18-27)32-34-25-31(26-35-32)37-33(36)30-23-19-28(20-24-30)16-14-12-10-8-6-4-2/h17-26H,3-16H2,1-2H3. The third-order valence-corrected chi connectivity index (χ3v) is 6.88. The molecular formula is C33H44N2O2. The molecule has 0 aliphatic heterocycles. The van der Waals surface area contributed by atoms with Crippen LogP contribution < -0.4 is 4.74 Å². The van der Waals surface area contributed by atoms with E-state index < -0.39 is 0 Å². The van der Waals surface area contributed by atoms with E-state index in [0.29, 0.717) is 17.1 Å². The van der Waals surface area contributed by atoms with Crippen molar-refractivity contribution in [3.8, 4) is 17.1 Å². The lowest BCUT2D eigenvalue weighted by atomic mass is 10.0. The minimum absolute atomic E-state index is 0.351. The van der Waals surface area contributed by atoms with E-state index in [9.17, 15) is 4.79 Å². The van der Waals surface area contributed by atoms with Gasteiger partial charge in [-0.1, -0.05) is 114 Å². The Bertz CT molecular complexity index is 1030. The highest BCUT2D eigenvalue weighted by molar-refractivity contribution is 5.91. The van der Waals surface area contributed by atoms with Crippen LogP contribution in [0.3, 0.4) is 0 Å². The summed E-state index contributed by atoms with van der Waals surface area (Å²) in [5, 5.41) is 0. The van der Waals surface area contributed by atoms with E-state index in [1.54, 1.807) is 12.4 Å². The number of aromatic nitrogens is 2. The highest BCUT2D eigenvalue weighted by atomic mass is 16.5. The molecule has 0 unspecified atom stereocenters. The number of nitrogens with zero attached hydrogens (tertiary/aromatic N) is 2. The lowest BCUT2D eigenvalue weighted by molar-refractivity contribution is 0.0733. The van der Waals surface area contributed by atoms with Gasteiger partial charge in [-0.25, -0.2) is 14.8 Å². The van der Waals surface area contributed by atoms with Gasteiger partial charge in [0.2, 0.25) is 0 Å². The first-order chi connectivity index (χ1) is 18.2. The highest BCUT2D eigenvalue weighted by Gasteiger charge is 2.10. The van der Waals surface area contributed by atoms with Crippen molar-refractivity contribution in [1.82, 2.24) is 9.97 Å². The van der Waals surface area contributed by atoms with Crippen molar-refractivity contribution in [2.24, 2.45) is 0 Å². The summed E-state index contributed by atoms with van der Waals surface area (Å²) in [4.78, 5) is 21.4. The molecule has 37 heavy (non-hydrogen) atoms. The number of benzene rings is 2. The van der Waals surface area contributed by atoms with Gasteiger partial charge in [-0.3, -0.25) is 0 Å². The highest BCUT2D eigenvalue weighted by Crippen LogP contribution is 2.20. The molecule has 3 aromatic rings. The zero-order valence-electron chi connectivity index (χ0n) is 22.9. The van der Waals surface area contributed by atoms with E-state index in [1.165, 1.54) is 88.2 Å². The van der Waals surface area contributed by atoms with E-state index in [-0.39, 0.29) is 5.97 Å². The lowest BCUT2D eigenvalue weighted by Crippen LogP contribution is -2.09. The number of hydrogen-bond acceptors (Lipinski definition) is 4. The summed E-state index contributed by atoms with van der Waals surface area (Å²) in [6.07, 6.45) is 20.9. The van der Waals surface area contributed by atoms with Gasteiger partial charge in [0.25, 0.3) is 0 Å². The first-order valence-electron chi connectivity index (χ1n) is 14.4. The molecule has 0 aliphatic carbocycles. The zero-order valence-corrected chi connectivity index (χ0v) is 22.9. The number of ether oxygens (including phenoxy) is 1. The molecule has 0 saturated carbocycles. The van der Waals surface area contributed by atoms with Crippen LogP contribution in [-0.4, -0.2) is 15.9 Å². The number of unbranched alkanes of at least 4 members (excludes halogenated alkanes) is 10. The summed E-state index contributed by atoms with van der Waals surface area (Å²) >= 11 is 0. The van der Waals surface area contributed by atoms with Gasteiger partial charge in [0.15, 0.2) is 11.6 Å². The molecule has 0 radical (unpaired) electrons. The molecule has 4 nitrogen and oxygen atoms in total. The molecule has 0 spiro atoms. The van der Waals surface area contributed by atoms with Crippen LogP contribution in [-0.2, 0) is 12.8 Å². The third-order valence-electron chi connectivity index (χ3n) is 6.88. The maximum atomic E-state index is 12.6. The number of aryl methyl sites for hydroxylation is 2. The van der Waals surface area contributed by atoms with Crippen LogP contribution >= 0.6 is 0 Å². The Labute approximate surface area is 223 Å². The normalized spacial score (nSPS) is 11.0. The smallest absolute Gasteiger partial charge is 0.343 e. The summed E-state index contributed by atoms with van der Waals surface area (Å²) < 4.78 is 5.50. The average Bonchev–Trinajstić information content (AvgIpc) is 2.94. The van der Waals surface area contributed by atoms with Gasteiger partial charge in [-0.05, 0) is 48.9 Å². The fourth-order valence-corrected chi connectivity index (χ4v) is 4.53. The first-order valence-corrected chi connectivity index (χ1v) is 14.4. The molecule has 0 fully saturated rings. The van der Waals surface area contributed by atoms with Crippen LogP contribution in [0, 0.1) is 0 Å². The van der Waals surface area contributed by atoms with Gasteiger partial charge in [0.1, 0.15) is 0 Å². The quantitative estimate of drug-likeness (QED) is 0.137. The Morgan fingerprint density at radius 3 is 1.59 bits per heavy atom. The second-order valence-corrected chi connectivity index (χ2v) is 10.1. The van der Waals surface area contributed by atoms with Gasteiger partial charge in [-0.2, -0.15) is 0 Å². The number of carbonyl (C=O) groups is 1. The Morgan fingerprint density at radius 2 is 1.08 bits per heavy atom. The predicted molar refractivity (Wildman–Crippen MR) is 153 cm³/mol. The summed E-state index contributed by atoms with van der Waals surface area (Å²) in [6.45, 7) is 4.49. The zero-order chi connectivity index (χ0) is 26.1. The summed E-state index contributed by atoms with van der Waals surface area (Å²) in [6, 6.07) is 16.2. The fraction of sp³-hybridized carbons (Fsp3) is 0.485.